The number of amides is 1. The minimum atomic E-state index is -0.771. The average molecular weight is 291 g/mol. The Morgan fingerprint density at radius 2 is 2.05 bits per heavy atom. The van der Waals surface area contributed by atoms with Crippen LogP contribution in [-0.4, -0.2) is 29.6 Å². The molecule has 0 atom stereocenters. The van der Waals surface area contributed by atoms with Gasteiger partial charge in [-0.05, 0) is 37.8 Å². The van der Waals surface area contributed by atoms with E-state index in [4.69, 9.17) is 9.84 Å². The van der Waals surface area contributed by atoms with Crippen LogP contribution >= 0.6 is 0 Å². The number of nitrogens with one attached hydrogen (secondary N) is 1. The summed E-state index contributed by atoms with van der Waals surface area (Å²) < 4.78 is 5.62. The van der Waals surface area contributed by atoms with Crippen molar-refractivity contribution in [3.63, 3.8) is 0 Å². The number of aliphatic carboxylic acids is 1. The summed E-state index contributed by atoms with van der Waals surface area (Å²) in [5.74, 6) is -0.245. The lowest BCUT2D eigenvalue weighted by atomic mass is 9.80. The maximum Gasteiger partial charge on any atom is 0.306 e. The minimum absolute atomic E-state index is 0.0240. The first-order chi connectivity index (χ1) is 10.1. The molecule has 1 fully saturated rings. The van der Waals surface area contributed by atoms with Gasteiger partial charge in [-0.2, -0.15) is 0 Å². The van der Waals surface area contributed by atoms with E-state index >= 15 is 0 Å². The fourth-order valence-corrected chi connectivity index (χ4v) is 2.37. The van der Waals surface area contributed by atoms with Crippen molar-refractivity contribution in [3.8, 4) is 5.75 Å². The second-order valence-electron chi connectivity index (χ2n) is 5.49. The van der Waals surface area contributed by atoms with E-state index in [1.165, 1.54) is 0 Å². The highest BCUT2D eigenvalue weighted by molar-refractivity contribution is 5.77. The summed E-state index contributed by atoms with van der Waals surface area (Å²) >= 11 is 0. The number of hydrogen-bond donors (Lipinski definition) is 2. The van der Waals surface area contributed by atoms with Crippen LogP contribution in [0.3, 0.4) is 0 Å². The van der Waals surface area contributed by atoms with E-state index in [1.807, 2.05) is 31.2 Å². The molecule has 5 heteroatoms. The monoisotopic (exact) mass is 291 g/mol. The van der Waals surface area contributed by atoms with Gasteiger partial charge < -0.3 is 15.2 Å². The first-order valence-electron chi connectivity index (χ1n) is 7.27. The third kappa shape index (κ3) is 4.48. The van der Waals surface area contributed by atoms with Crippen molar-refractivity contribution < 1.29 is 19.4 Å². The predicted molar refractivity (Wildman–Crippen MR) is 78.2 cm³/mol. The number of carboxylic acids is 1. The molecule has 0 unspecified atom stereocenters. The molecule has 0 aromatic heterocycles. The smallest absolute Gasteiger partial charge is 0.306 e. The van der Waals surface area contributed by atoms with E-state index in [1.54, 1.807) is 0 Å². The Morgan fingerprint density at radius 3 is 2.71 bits per heavy atom. The molecule has 1 aliphatic carbocycles. The summed E-state index contributed by atoms with van der Waals surface area (Å²) in [4.78, 5) is 22.3. The van der Waals surface area contributed by atoms with Crippen molar-refractivity contribution in [1.82, 2.24) is 5.32 Å². The molecule has 0 radical (unpaired) electrons. The molecule has 114 valence electrons. The number of carbonyl (C=O) groups excluding carboxylic acids is 1. The number of rotatable bonds is 7. The zero-order chi connectivity index (χ0) is 15.2. The molecule has 0 aliphatic heterocycles. The van der Waals surface area contributed by atoms with E-state index in [2.05, 4.69) is 5.32 Å². The van der Waals surface area contributed by atoms with Crippen molar-refractivity contribution in [1.29, 1.82) is 0 Å². The van der Waals surface area contributed by atoms with Crippen molar-refractivity contribution in [3.05, 3.63) is 29.8 Å². The zero-order valence-electron chi connectivity index (χ0n) is 12.2. The largest absolute Gasteiger partial charge is 0.493 e. The lowest BCUT2D eigenvalue weighted by Crippen LogP contribution is -2.46. The molecule has 1 saturated carbocycles. The number of para-hydroxylation sites is 1. The van der Waals surface area contributed by atoms with Crippen LogP contribution in [0.25, 0.3) is 0 Å². The molecule has 0 heterocycles. The minimum Gasteiger partial charge on any atom is -0.493 e. The molecule has 0 bridgehead atoms. The molecule has 1 aromatic carbocycles. The van der Waals surface area contributed by atoms with Crippen LogP contribution in [0.5, 0.6) is 5.75 Å². The Labute approximate surface area is 124 Å². The normalized spacial score (nSPS) is 20.4. The van der Waals surface area contributed by atoms with E-state index in [0.29, 0.717) is 32.3 Å². The molecule has 1 aliphatic rings. The Balaban J connectivity index is 1.58. The molecule has 0 spiro atoms. The van der Waals surface area contributed by atoms with Gasteiger partial charge in [-0.3, -0.25) is 9.59 Å². The topological polar surface area (TPSA) is 75.6 Å². The summed E-state index contributed by atoms with van der Waals surface area (Å²) in [6.45, 7) is 2.48. The molecular weight excluding hydrogens is 270 g/mol. The highest BCUT2D eigenvalue weighted by Crippen LogP contribution is 2.27. The predicted octanol–water partition coefficient (Wildman–Crippen LogP) is 2.13. The molecule has 1 amide bonds. The summed E-state index contributed by atoms with van der Waals surface area (Å²) in [6.07, 6.45) is 2.14. The van der Waals surface area contributed by atoms with Gasteiger partial charge in [-0.15, -0.1) is 0 Å². The highest BCUT2D eigenvalue weighted by atomic mass is 16.5. The van der Waals surface area contributed by atoms with Crippen LogP contribution in [0.4, 0.5) is 0 Å². The lowest BCUT2D eigenvalue weighted by Gasteiger charge is -2.32. The van der Waals surface area contributed by atoms with Gasteiger partial charge in [0.05, 0.1) is 12.5 Å². The highest BCUT2D eigenvalue weighted by Gasteiger charge is 2.34. The second-order valence-corrected chi connectivity index (χ2v) is 5.49. The van der Waals surface area contributed by atoms with Crippen LogP contribution in [-0.2, 0) is 9.59 Å². The van der Waals surface area contributed by atoms with Gasteiger partial charge in [0.25, 0.3) is 0 Å². The van der Waals surface area contributed by atoms with Crippen LogP contribution in [0, 0.1) is 12.8 Å². The van der Waals surface area contributed by atoms with E-state index < -0.39 is 5.97 Å². The molecular formula is C16H21NO4. The third-order valence-electron chi connectivity index (χ3n) is 3.75. The van der Waals surface area contributed by atoms with E-state index in [-0.39, 0.29) is 17.9 Å². The van der Waals surface area contributed by atoms with E-state index in [9.17, 15) is 9.59 Å². The number of aryl methyl sites for hydroxylation is 1. The third-order valence-corrected chi connectivity index (χ3v) is 3.75. The quantitative estimate of drug-likeness (QED) is 0.755. The summed E-state index contributed by atoms with van der Waals surface area (Å²) in [5, 5.41) is 11.6. The number of ether oxygens (including phenoxy) is 1. The fourth-order valence-electron chi connectivity index (χ4n) is 2.37. The molecule has 2 rings (SSSR count). The van der Waals surface area contributed by atoms with Crippen molar-refractivity contribution >= 4 is 11.9 Å². The Kier molecular flexibility index (Phi) is 5.20. The molecule has 5 nitrogen and oxygen atoms in total. The maximum absolute atomic E-state index is 11.7. The Morgan fingerprint density at radius 1 is 1.33 bits per heavy atom. The van der Waals surface area contributed by atoms with Crippen molar-refractivity contribution in [2.75, 3.05) is 6.61 Å². The Bertz CT molecular complexity index is 509. The number of benzene rings is 1. The summed E-state index contributed by atoms with van der Waals surface area (Å²) in [6, 6.07) is 7.80. The van der Waals surface area contributed by atoms with Gasteiger partial charge in [0, 0.05) is 12.5 Å². The first-order valence-corrected chi connectivity index (χ1v) is 7.27. The molecule has 2 N–H and O–H groups in total. The number of carboxylic acid groups (broad SMARTS) is 1. The number of carbonyl (C=O) groups is 2. The van der Waals surface area contributed by atoms with Gasteiger partial charge in [0.1, 0.15) is 5.75 Å². The molecule has 21 heavy (non-hydrogen) atoms. The number of hydrogen-bond acceptors (Lipinski definition) is 3. The van der Waals surface area contributed by atoms with Crippen LogP contribution in [0.1, 0.15) is 31.2 Å². The fraction of sp³-hybridized carbons (Fsp3) is 0.500. The van der Waals surface area contributed by atoms with Crippen molar-refractivity contribution in [2.45, 2.75) is 38.6 Å². The lowest BCUT2D eigenvalue weighted by molar-refractivity contribution is -0.146. The van der Waals surface area contributed by atoms with Crippen LogP contribution < -0.4 is 10.1 Å². The van der Waals surface area contributed by atoms with Crippen LogP contribution in [0.2, 0.25) is 0 Å². The van der Waals surface area contributed by atoms with Gasteiger partial charge in [0.15, 0.2) is 0 Å². The molecule has 0 saturated heterocycles. The standard InChI is InChI=1S/C16H21NO4/c1-11-5-2-3-6-14(11)21-8-4-7-15(18)17-13-9-12(10-13)16(19)20/h2-3,5-6,12-13H,4,7-10H2,1H3,(H,17,18)(H,19,20). The molecule has 1 aromatic rings. The SMILES string of the molecule is Cc1ccccc1OCCCC(=O)NC1CC(C(=O)O)C1. The van der Waals surface area contributed by atoms with Crippen LogP contribution in [0.15, 0.2) is 24.3 Å². The Hall–Kier alpha value is -2.04. The second kappa shape index (κ2) is 7.11. The van der Waals surface area contributed by atoms with E-state index in [0.717, 1.165) is 11.3 Å². The van der Waals surface area contributed by atoms with Crippen molar-refractivity contribution in [2.24, 2.45) is 5.92 Å². The summed E-state index contributed by atoms with van der Waals surface area (Å²) in [7, 11) is 0. The van der Waals surface area contributed by atoms with Gasteiger partial charge in [0.2, 0.25) is 5.91 Å². The zero-order valence-corrected chi connectivity index (χ0v) is 12.2. The average Bonchev–Trinajstić information content (AvgIpc) is 2.40. The van der Waals surface area contributed by atoms with Gasteiger partial charge in [-0.1, -0.05) is 18.2 Å². The first kappa shape index (κ1) is 15.4. The van der Waals surface area contributed by atoms with Gasteiger partial charge >= 0.3 is 5.97 Å². The maximum atomic E-state index is 11.7. The summed E-state index contributed by atoms with van der Waals surface area (Å²) in [5.41, 5.74) is 1.08. The van der Waals surface area contributed by atoms with Gasteiger partial charge in [-0.25, -0.2) is 0 Å².